The molecule has 0 bridgehead atoms. The molecule has 1 N–H and O–H groups in total. The van der Waals surface area contributed by atoms with Crippen LogP contribution in [0.5, 0.6) is 11.5 Å². The van der Waals surface area contributed by atoms with E-state index in [1.807, 2.05) is 0 Å². The summed E-state index contributed by atoms with van der Waals surface area (Å²) in [5, 5.41) is 3.60. The molecule has 0 spiro atoms. The number of aromatic nitrogens is 1. The lowest BCUT2D eigenvalue weighted by atomic mass is 10.2. The van der Waals surface area contributed by atoms with Crippen LogP contribution in [0.1, 0.15) is 5.56 Å². The maximum absolute atomic E-state index is 12.4. The van der Waals surface area contributed by atoms with Crippen molar-refractivity contribution >= 4 is 17.3 Å². The Bertz CT molecular complexity index is 611. The summed E-state index contributed by atoms with van der Waals surface area (Å²) in [4.78, 5) is 3.95. The third-order valence-electron chi connectivity index (χ3n) is 2.69. The van der Waals surface area contributed by atoms with Gasteiger partial charge in [-0.05, 0) is 23.8 Å². The lowest BCUT2D eigenvalue weighted by Gasteiger charge is -2.12. The molecule has 0 saturated carbocycles. The first kappa shape index (κ1) is 15.3. The van der Waals surface area contributed by atoms with E-state index in [1.165, 1.54) is 13.2 Å². The van der Waals surface area contributed by atoms with Gasteiger partial charge in [0.1, 0.15) is 0 Å². The molecule has 0 fully saturated rings. The molecular weight excluding hydrogens is 302 g/mol. The van der Waals surface area contributed by atoms with Crippen LogP contribution in [0.15, 0.2) is 36.7 Å². The van der Waals surface area contributed by atoms with Crippen LogP contribution >= 0.6 is 11.6 Å². The molecule has 4 nitrogen and oxygen atoms in total. The van der Waals surface area contributed by atoms with E-state index in [2.05, 4.69) is 15.0 Å². The van der Waals surface area contributed by atoms with Gasteiger partial charge in [0.15, 0.2) is 11.5 Å². The molecule has 0 aliphatic carbocycles. The fourth-order valence-corrected chi connectivity index (χ4v) is 1.90. The minimum Gasteiger partial charge on any atom is -0.493 e. The number of rotatable bonds is 6. The zero-order valence-electron chi connectivity index (χ0n) is 11.1. The van der Waals surface area contributed by atoms with Crippen molar-refractivity contribution < 1.29 is 18.3 Å². The number of nitrogens with one attached hydrogen (secondary N) is 1. The average Bonchev–Trinajstić information content (AvgIpc) is 2.46. The van der Waals surface area contributed by atoms with E-state index in [4.69, 9.17) is 16.3 Å². The summed E-state index contributed by atoms with van der Waals surface area (Å²) in [5.74, 6) is 0.238. The largest absolute Gasteiger partial charge is 0.493 e. The van der Waals surface area contributed by atoms with E-state index >= 15 is 0 Å². The normalized spacial score (nSPS) is 10.5. The van der Waals surface area contributed by atoms with Crippen molar-refractivity contribution in [3.63, 3.8) is 0 Å². The Morgan fingerprint density at radius 1 is 1.29 bits per heavy atom. The molecule has 0 aliphatic rings. The maximum Gasteiger partial charge on any atom is 0.387 e. The second-order valence-electron chi connectivity index (χ2n) is 4.07. The predicted octanol–water partition coefficient (Wildman–Crippen LogP) is 3.96. The Morgan fingerprint density at radius 3 is 2.76 bits per heavy atom. The standard InChI is InChI=1S/C14H13ClF2N2O2/c1-20-12-3-2-9(6-13(12)21-14(16)17)7-19-11-8-18-5-4-10(11)15/h2-6,8,14,19H,7H2,1H3. The average molecular weight is 315 g/mol. The lowest BCUT2D eigenvalue weighted by Crippen LogP contribution is -2.05. The van der Waals surface area contributed by atoms with Crippen molar-refractivity contribution in [2.24, 2.45) is 0 Å². The molecular formula is C14H13ClF2N2O2. The van der Waals surface area contributed by atoms with Gasteiger partial charge in [0.2, 0.25) is 0 Å². The zero-order chi connectivity index (χ0) is 15.2. The molecule has 0 unspecified atom stereocenters. The summed E-state index contributed by atoms with van der Waals surface area (Å²) in [6, 6.07) is 6.46. The van der Waals surface area contributed by atoms with Crippen molar-refractivity contribution in [2.45, 2.75) is 13.2 Å². The molecule has 1 heterocycles. The first-order valence-corrected chi connectivity index (χ1v) is 6.43. The van der Waals surface area contributed by atoms with E-state index in [1.54, 1.807) is 30.6 Å². The van der Waals surface area contributed by atoms with E-state index in [-0.39, 0.29) is 11.5 Å². The highest BCUT2D eigenvalue weighted by molar-refractivity contribution is 6.33. The van der Waals surface area contributed by atoms with Gasteiger partial charge in [0, 0.05) is 12.7 Å². The van der Waals surface area contributed by atoms with Gasteiger partial charge < -0.3 is 14.8 Å². The second kappa shape index (κ2) is 7.08. The summed E-state index contributed by atoms with van der Waals surface area (Å²) < 4.78 is 34.1. The summed E-state index contributed by atoms with van der Waals surface area (Å²) >= 11 is 5.99. The number of hydrogen-bond acceptors (Lipinski definition) is 4. The van der Waals surface area contributed by atoms with Crippen molar-refractivity contribution in [2.75, 3.05) is 12.4 Å². The lowest BCUT2D eigenvalue weighted by molar-refractivity contribution is -0.0512. The molecule has 2 rings (SSSR count). The van der Waals surface area contributed by atoms with Crippen LogP contribution in [-0.2, 0) is 6.54 Å². The van der Waals surface area contributed by atoms with Gasteiger partial charge in [-0.15, -0.1) is 0 Å². The second-order valence-corrected chi connectivity index (χ2v) is 4.48. The van der Waals surface area contributed by atoms with Crippen LogP contribution in [0, 0.1) is 0 Å². The minimum absolute atomic E-state index is 0.0101. The Morgan fingerprint density at radius 2 is 2.10 bits per heavy atom. The molecule has 2 aromatic rings. The summed E-state index contributed by atoms with van der Waals surface area (Å²) in [6.07, 6.45) is 3.16. The number of nitrogens with zero attached hydrogens (tertiary/aromatic N) is 1. The molecule has 0 amide bonds. The number of pyridine rings is 1. The fraction of sp³-hybridized carbons (Fsp3) is 0.214. The molecule has 7 heteroatoms. The topological polar surface area (TPSA) is 43.4 Å². The fourth-order valence-electron chi connectivity index (χ4n) is 1.72. The summed E-state index contributed by atoms with van der Waals surface area (Å²) in [5.41, 5.74) is 1.40. The number of hydrogen-bond donors (Lipinski definition) is 1. The highest BCUT2D eigenvalue weighted by Crippen LogP contribution is 2.30. The third kappa shape index (κ3) is 4.19. The molecule has 112 valence electrons. The van der Waals surface area contributed by atoms with E-state index < -0.39 is 6.61 Å². The first-order chi connectivity index (χ1) is 10.1. The summed E-state index contributed by atoms with van der Waals surface area (Å²) in [6.45, 7) is -2.52. The third-order valence-corrected chi connectivity index (χ3v) is 3.02. The van der Waals surface area contributed by atoms with E-state index in [9.17, 15) is 8.78 Å². The molecule has 1 aromatic carbocycles. The van der Waals surface area contributed by atoms with Gasteiger partial charge in [0.25, 0.3) is 0 Å². The van der Waals surface area contributed by atoms with Crippen LogP contribution in [-0.4, -0.2) is 18.7 Å². The van der Waals surface area contributed by atoms with Crippen molar-refractivity contribution in [3.8, 4) is 11.5 Å². The van der Waals surface area contributed by atoms with Crippen LogP contribution in [0.25, 0.3) is 0 Å². The summed E-state index contributed by atoms with van der Waals surface area (Å²) in [7, 11) is 1.39. The number of halogens is 3. The Kier molecular flexibility index (Phi) is 5.16. The van der Waals surface area contributed by atoms with Crippen molar-refractivity contribution in [1.82, 2.24) is 4.98 Å². The van der Waals surface area contributed by atoms with Crippen molar-refractivity contribution in [1.29, 1.82) is 0 Å². The Labute approximate surface area is 125 Å². The van der Waals surface area contributed by atoms with Crippen LogP contribution in [0.2, 0.25) is 5.02 Å². The van der Waals surface area contributed by atoms with E-state index in [0.717, 1.165) is 5.56 Å². The van der Waals surface area contributed by atoms with Crippen molar-refractivity contribution in [3.05, 3.63) is 47.2 Å². The molecule has 0 radical (unpaired) electrons. The van der Waals surface area contributed by atoms with Gasteiger partial charge in [0.05, 0.1) is 24.0 Å². The molecule has 0 atom stereocenters. The van der Waals surface area contributed by atoms with Crippen LogP contribution in [0.3, 0.4) is 0 Å². The monoisotopic (exact) mass is 314 g/mol. The molecule has 21 heavy (non-hydrogen) atoms. The number of alkyl halides is 2. The first-order valence-electron chi connectivity index (χ1n) is 6.05. The van der Waals surface area contributed by atoms with Crippen LogP contribution in [0.4, 0.5) is 14.5 Å². The van der Waals surface area contributed by atoms with Gasteiger partial charge in [-0.25, -0.2) is 0 Å². The van der Waals surface area contributed by atoms with Gasteiger partial charge in [-0.1, -0.05) is 17.7 Å². The number of ether oxygens (including phenoxy) is 2. The quantitative estimate of drug-likeness (QED) is 0.876. The smallest absolute Gasteiger partial charge is 0.387 e. The van der Waals surface area contributed by atoms with Gasteiger partial charge in [-0.3, -0.25) is 4.98 Å². The molecule has 0 aliphatic heterocycles. The zero-order valence-corrected chi connectivity index (χ0v) is 11.9. The number of methoxy groups -OCH3 is 1. The Hall–Kier alpha value is -2.08. The van der Waals surface area contributed by atoms with Gasteiger partial charge >= 0.3 is 6.61 Å². The van der Waals surface area contributed by atoms with Crippen LogP contribution < -0.4 is 14.8 Å². The number of anilines is 1. The highest BCUT2D eigenvalue weighted by atomic mass is 35.5. The van der Waals surface area contributed by atoms with E-state index in [0.29, 0.717) is 17.3 Å². The maximum atomic E-state index is 12.4. The predicted molar refractivity (Wildman–Crippen MR) is 76.2 cm³/mol. The van der Waals surface area contributed by atoms with Gasteiger partial charge in [-0.2, -0.15) is 8.78 Å². The SMILES string of the molecule is COc1ccc(CNc2cnccc2Cl)cc1OC(F)F. The molecule has 1 aromatic heterocycles. The highest BCUT2D eigenvalue weighted by Gasteiger charge is 2.11. The minimum atomic E-state index is -2.91. The Balaban J connectivity index is 2.12. The molecule has 0 saturated heterocycles. The number of benzene rings is 1.